The summed E-state index contributed by atoms with van der Waals surface area (Å²) in [4.78, 5) is 26.7. The molecule has 0 unspecified atom stereocenters. The Bertz CT molecular complexity index is 633. The zero-order chi connectivity index (χ0) is 19.8. The van der Waals surface area contributed by atoms with Gasteiger partial charge in [0.25, 0.3) is 5.91 Å². The van der Waals surface area contributed by atoms with Crippen molar-refractivity contribution in [2.24, 2.45) is 11.7 Å². The second-order valence-corrected chi connectivity index (χ2v) is 7.90. The first kappa shape index (κ1) is 20.8. The molecule has 0 radical (unpaired) electrons. The predicted octanol–water partition coefficient (Wildman–Crippen LogP) is 2.46. The number of nitrogens with one attached hydrogen (secondary N) is 1. The van der Waals surface area contributed by atoms with Gasteiger partial charge in [-0.2, -0.15) is 0 Å². The highest BCUT2D eigenvalue weighted by Crippen LogP contribution is 2.24. The highest BCUT2D eigenvalue weighted by molar-refractivity contribution is 5.94. The molecule has 1 saturated heterocycles. The normalized spacial score (nSPS) is 18.4. The van der Waals surface area contributed by atoms with Crippen LogP contribution in [0.2, 0.25) is 0 Å². The van der Waals surface area contributed by atoms with E-state index in [0.29, 0.717) is 25.3 Å². The molecule has 154 valence electrons. The summed E-state index contributed by atoms with van der Waals surface area (Å²) in [6.45, 7) is 3.33. The number of piperidine rings is 1. The van der Waals surface area contributed by atoms with Gasteiger partial charge in [0.1, 0.15) is 0 Å². The quantitative estimate of drug-likeness (QED) is 0.671. The van der Waals surface area contributed by atoms with E-state index in [-0.39, 0.29) is 23.8 Å². The molecule has 28 heavy (non-hydrogen) atoms. The van der Waals surface area contributed by atoms with Crippen LogP contribution >= 0.6 is 0 Å². The van der Waals surface area contributed by atoms with Gasteiger partial charge in [0.15, 0.2) is 0 Å². The van der Waals surface area contributed by atoms with E-state index < -0.39 is 0 Å². The Morgan fingerprint density at radius 3 is 2.39 bits per heavy atom. The smallest absolute Gasteiger partial charge is 0.253 e. The van der Waals surface area contributed by atoms with E-state index >= 15 is 0 Å². The average molecular weight is 388 g/mol. The van der Waals surface area contributed by atoms with Crippen molar-refractivity contribution in [1.29, 1.82) is 0 Å². The molecule has 0 atom stereocenters. The Hall–Kier alpha value is -1.92. The molecule has 1 aliphatic heterocycles. The monoisotopic (exact) mass is 387 g/mol. The molecule has 1 aliphatic carbocycles. The minimum Gasteiger partial charge on any atom is -0.378 e. The number of carbonyl (C=O) groups is 2. The molecule has 1 saturated carbocycles. The van der Waals surface area contributed by atoms with Gasteiger partial charge in [0.05, 0.1) is 6.10 Å². The molecule has 6 nitrogen and oxygen atoms in total. The van der Waals surface area contributed by atoms with Gasteiger partial charge in [-0.1, -0.05) is 25.0 Å². The predicted molar refractivity (Wildman–Crippen MR) is 109 cm³/mol. The topological polar surface area (TPSA) is 84.7 Å². The van der Waals surface area contributed by atoms with Gasteiger partial charge in [-0.3, -0.25) is 9.59 Å². The molecule has 0 spiro atoms. The maximum atomic E-state index is 12.7. The maximum absolute atomic E-state index is 12.7. The lowest BCUT2D eigenvalue weighted by Crippen LogP contribution is -2.41. The number of likely N-dealkylation sites (tertiary alicyclic amines) is 1. The molecular weight excluding hydrogens is 354 g/mol. The summed E-state index contributed by atoms with van der Waals surface area (Å²) >= 11 is 0. The Morgan fingerprint density at radius 1 is 1.07 bits per heavy atom. The fourth-order valence-electron chi connectivity index (χ4n) is 4.03. The third-order valence-corrected chi connectivity index (χ3v) is 5.82. The Balaban J connectivity index is 1.43. The van der Waals surface area contributed by atoms with E-state index in [2.05, 4.69) is 5.32 Å². The van der Waals surface area contributed by atoms with Crippen molar-refractivity contribution in [3.63, 3.8) is 0 Å². The number of nitrogens with two attached hydrogens (primary N) is 1. The van der Waals surface area contributed by atoms with Gasteiger partial charge >= 0.3 is 0 Å². The van der Waals surface area contributed by atoms with E-state index in [0.717, 1.165) is 63.6 Å². The first-order valence-electron chi connectivity index (χ1n) is 10.6. The fourth-order valence-corrected chi connectivity index (χ4v) is 4.03. The molecule has 1 aromatic rings. The lowest BCUT2D eigenvalue weighted by molar-refractivity contribution is -0.124. The first-order chi connectivity index (χ1) is 13.7. The molecule has 1 aromatic carbocycles. The van der Waals surface area contributed by atoms with Crippen LogP contribution in [0.5, 0.6) is 0 Å². The maximum Gasteiger partial charge on any atom is 0.253 e. The fraction of sp³-hybridized carbons (Fsp3) is 0.636. The number of hydrogen-bond donors (Lipinski definition) is 2. The van der Waals surface area contributed by atoms with Crippen molar-refractivity contribution < 1.29 is 14.3 Å². The van der Waals surface area contributed by atoms with Crippen molar-refractivity contribution in [2.75, 3.05) is 26.2 Å². The van der Waals surface area contributed by atoms with Crippen molar-refractivity contribution in [2.45, 2.75) is 57.6 Å². The second-order valence-electron chi connectivity index (χ2n) is 7.90. The van der Waals surface area contributed by atoms with Crippen molar-refractivity contribution >= 4 is 11.8 Å². The lowest BCUT2D eigenvalue weighted by Gasteiger charge is -2.32. The molecule has 3 rings (SSSR count). The Morgan fingerprint density at radius 2 is 1.75 bits per heavy atom. The molecule has 3 N–H and O–H groups in total. The van der Waals surface area contributed by atoms with E-state index in [1.165, 1.54) is 0 Å². The first-order valence-corrected chi connectivity index (χ1v) is 10.6. The summed E-state index contributed by atoms with van der Waals surface area (Å²) in [6.07, 6.45) is 7.21. The lowest BCUT2D eigenvalue weighted by atomic mass is 10.0. The number of nitrogens with zero attached hydrogens (tertiary/aromatic N) is 1. The summed E-state index contributed by atoms with van der Waals surface area (Å²) < 4.78 is 5.80. The summed E-state index contributed by atoms with van der Waals surface area (Å²) in [5, 5.41) is 3.02. The molecule has 2 aliphatic rings. The number of hydrogen-bond acceptors (Lipinski definition) is 4. The van der Waals surface area contributed by atoms with Crippen LogP contribution in [-0.4, -0.2) is 49.1 Å². The van der Waals surface area contributed by atoms with Crippen LogP contribution in [0.25, 0.3) is 0 Å². The number of ether oxygens (including phenoxy) is 1. The molecule has 1 heterocycles. The SMILES string of the molecule is NCCCOC1CCN(C(=O)c2ccc(CNC(=O)C3CCCC3)cc2)CC1. The summed E-state index contributed by atoms with van der Waals surface area (Å²) in [6, 6.07) is 7.60. The van der Waals surface area contributed by atoms with Gasteiger partial charge in [0.2, 0.25) is 5.91 Å². The molecule has 0 aromatic heterocycles. The minimum absolute atomic E-state index is 0.0712. The second kappa shape index (κ2) is 10.6. The van der Waals surface area contributed by atoms with Gasteiger partial charge in [-0.25, -0.2) is 0 Å². The zero-order valence-electron chi connectivity index (χ0n) is 16.7. The van der Waals surface area contributed by atoms with E-state index in [9.17, 15) is 9.59 Å². The largest absolute Gasteiger partial charge is 0.378 e. The van der Waals surface area contributed by atoms with Crippen molar-refractivity contribution in [1.82, 2.24) is 10.2 Å². The molecule has 2 amide bonds. The Labute approximate surface area is 167 Å². The van der Waals surface area contributed by atoms with E-state index in [1.807, 2.05) is 29.2 Å². The summed E-state index contributed by atoms with van der Waals surface area (Å²) in [5.74, 6) is 0.416. The highest BCUT2D eigenvalue weighted by atomic mass is 16.5. The molecule has 0 bridgehead atoms. The van der Waals surface area contributed by atoms with Gasteiger partial charge in [-0.05, 0) is 56.3 Å². The molecular formula is C22H33N3O3. The standard InChI is InChI=1S/C22H33N3O3/c23-12-3-15-28-20-10-13-25(14-11-20)22(27)19-8-6-17(7-9-19)16-24-21(26)18-4-1-2-5-18/h6-9,18,20H,1-5,10-16,23H2,(H,24,26). The van der Waals surface area contributed by atoms with Crippen LogP contribution in [0.15, 0.2) is 24.3 Å². The summed E-state index contributed by atoms with van der Waals surface area (Å²) in [7, 11) is 0. The highest BCUT2D eigenvalue weighted by Gasteiger charge is 2.24. The molecule has 6 heteroatoms. The van der Waals surface area contributed by atoms with Crippen molar-refractivity contribution in [3.05, 3.63) is 35.4 Å². The van der Waals surface area contributed by atoms with Crippen LogP contribution in [0.1, 0.15) is 60.9 Å². The van der Waals surface area contributed by atoms with E-state index in [4.69, 9.17) is 10.5 Å². The summed E-state index contributed by atoms with van der Waals surface area (Å²) in [5.41, 5.74) is 7.21. The van der Waals surface area contributed by atoms with Gasteiger partial charge < -0.3 is 20.7 Å². The number of rotatable bonds is 8. The van der Waals surface area contributed by atoms with Gasteiger partial charge in [0, 0.05) is 37.7 Å². The van der Waals surface area contributed by atoms with Crippen LogP contribution in [0.4, 0.5) is 0 Å². The van der Waals surface area contributed by atoms with Crippen LogP contribution < -0.4 is 11.1 Å². The Kier molecular flexibility index (Phi) is 7.86. The third kappa shape index (κ3) is 5.79. The van der Waals surface area contributed by atoms with Gasteiger partial charge in [-0.15, -0.1) is 0 Å². The third-order valence-electron chi connectivity index (χ3n) is 5.82. The number of amides is 2. The number of carbonyl (C=O) groups excluding carboxylic acids is 2. The minimum atomic E-state index is 0.0712. The van der Waals surface area contributed by atoms with Crippen LogP contribution in [-0.2, 0) is 16.1 Å². The van der Waals surface area contributed by atoms with E-state index in [1.54, 1.807) is 0 Å². The van der Waals surface area contributed by atoms with Crippen molar-refractivity contribution in [3.8, 4) is 0 Å². The average Bonchev–Trinajstić information content (AvgIpc) is 3.28. The molecule has 2 fully saturated rings. The zero-order valence-corrected chi connectivity index (χ0v) is 16.7. The number of benzene rings is 1. The van der Waals surface area contributed by atoms with Crippen LogP contribution in [0.3, 0.4) is 0 Å². The van der Waals surface area contributed by atoms with Crippen LogP contribution in [0, 0.1) is 5.92 Å².